The van der Waals surface area contributed by atoms with E-state index < -0.39 is 17.8 Å². The van der Waals surface area contributed by atoms with Crippen LogP contribution in [0, 0.1) is 11.7 Å². The van der Waals surface area contributed by atoms with Crippen LogP contribution in [0.4, 0.5) is 4.39 Å². The van der Waals surface area contributed by atoms with Crippen molar-refractivity contribution in [1.82, 2.24) is 0 Å². The van der Waals surface area contributed by atoms with Crippen LogP contribution in [0.1, 0.15) is 28.9 Å². The van der Waals surface area contributed by atoms with Gasteiger partial charge >= 0.3 is 0 Å². The van der Waals surface area contributed by atoms with Gasteiger partial charge in [0.15, 0.2) is 5.78 Å². The SMILES string of the molecule is CO[C@H]1C(=C=O)[C@H](C)C(=O)c2ccc(F)cc21. The van der Waals surface area contributed by atoms with E-state index in [1.54, 1.807) is 12.9 Å². The number of hydrogen-bond donors (Lipinski definition) is 0. The Bertz CT molecular complexity index is 529. The Morgan fingerprint density at radius 2 is 2.12 bits per heavy atom. The van der Waals surface area contributed by atoms with Gasteiger partial charge in [-0.25, -0.2) is 9.18 Å². The Labute approximate surface area is 97.9 Å². The predicted molar refractivity (Wildman–Crippen MR) is 58.9 cm³/mol. The van der Waals surface area contributed by atoms with Crippen LogP contribution < -0.4 is 0 Å². The Morgan fingerprint density at radius 3 is 2.71 bits per heavy atom. The number of ether oxygens (including phenoxy) is 1. The number of carbonyl (C=O) groups excluding carboxylic acids is 2. The number of Topliss-reactive ketones (excluding diaryl/α,β-unsaturated/α-hetero) is 1. The topological polar surface area (TPSA) is 43.4 Å². The summed E-state index contributed by atoms with van der Waals surface area (Å²) in [6.07, 6.45) is -0.689. The van der Waals surface area contributed by atoms with E-state index in [0.717, 1.165) is 0 Å². The summed E-state index contributed by atoms with van der Waals surface area (Å²) in [5.41, 5.74) is 1.02. The van der Waals surface area contributed by atoms with Gasteiger partial charge in [0.25, 0.3) is 0 Å². The minimum Gasteiger partial charge on any atom is -0.372 e. The standard InChI is InChI=1S/C13H11FO3/c1-7-11(6-15)13(17-2)10-5-8(14)3-4-9(10)12(7)16/h3-5,7,13H,1-2H3/t7-,13+/m0/s1. The molecule has 0 bridgehead atoms. The zero-order chi connectivity index (χ0) is 12.6. The van der Waals surface area contributed by atoms with Crippen LogP contribution in [0.3, 0.4) is 0 Å². The maximum absolute atomic E-state index is 13.2. The predicted octanol–water partition coefficient (Wildman–Crippen LogP) is 2.10. The molecule has 88 valence electrons. The maximum Gasteiger partial charge on any atom is 0.170 e. The molecule has 0 heterocycles. The Balaban J connectivity index is 2.69. The van der Waals surface area contributed by atoms with E-state index in [1.807, 2.05) is 0 Å². The summed E-state index contributed by atoms with van der Waals surface area (Å²) >= 11 is 0. The zero-order valence-corrected chi connectivity index (χ0v) is 9.49. The average molecular weight is 234 g/mol. The van der Waals surface area contributed by atoms with Gasteiger partial charge in [0.1, 0.15) is 17.9 Å². The number of fused-ring (bicyclic) bond motifs is 1. The van der Waals surface area contributed by atoms with Crippen molar-refractivity contribution in [3.05, 3.63) is 40.7 Å². The highest BCUT2D eigenvalue weighted by Gasteiger charge is 2.36. The second-order valence-corrected chi connectivity index (χ2v) is 3.99. The highest BCUT2D eigenvalue weighted by Crippen LogP contribution is 2.38. The van der Waals surface area contributed by atoms with Gasteiger partial charge in [-0.15, -0.1) is 0 Å². The second kappa shape index (κ2) is 4.24. The van der Waals surface area contributed by atoms with E-state index >= 15 is 0 Å². The molecule has 1 aromatic rings. The molecular formula is C13H11FO3. The van der Waals surface area contributed by atoms with Crippen molar-refractivity contribution in [1.29, 1.82) is 0 Å². The van der Waals surface area contributed by atoms with Gasteiger partial charge in [0.05, 0.1) is 11.5 Å². The lowest BCUT2D eigenvalue weighted by Gasteiger charge is -2.28. The fourth-order valence-corrected chi connectivity index (χ4v) is 2.14. The van der Waals surface area contributed by atoms with E-state index in [1.165, 1.54) is 25.3 Å². The summed E-state index contributed by atoms with van der Waals surface area (Å²) < 4.78 is 18.4. The molecule has 0 radical (unpaired) electrons. The quantitative estimate of drug-likeness (QED) is 0.699. The van der Waals surface area contributed by atoms with Crippen LogP contribution in [0.25, 0.3) is 0 Å². The van der Waals surface area contributed by atoms with Crippen molar-refractivity contribution < 1.29 is 18.7 Å². The minimum atomic E-state index is -0.689. The molecule has 0 aliphatic heterocycles. The number of halogens is 1. The lowest BCUT2D eigenvalue weighted by atomic mass is 9.78. The number of hydrogen-bond acceptors (Lipinski definition) is 3. The van der Waals surface area contributed by atoms with E-state index in [4.69, 9.17) is 4.74 Å². The third-order valence-corrected chi connectivity index (χ3v) is 3.06. The van der Waals surface area contributed by atoms with E-state index in [9.17, 15) is 14.0 Å². The molecule has 0 saturated carbocycles. The molecule has 0 spiro atoms. The van der Waals surface area contributed by atoms with Gasteiger partial charge in [0, 0.05) is 12.7 Å². The molecule has 0 saturated heterocycles. The normalized spacial score (nSPS) is 23.2. The Morgan fingerprint density at radius 1 is 1.41 bits per heavy atom. The van der Waals surface area contributed by atoms with Crippen molar-refractivity contribution in [2.45, 2.75) is 13.0 Å². The summed E-state index contributed by atoms with van der Waals surface area (Å²) in [5, 5.41) is 0. The van der Waals surface area contributed by atoms with E-state index in [-0.39, 0.29) is 11.4 Å². The molecule has 0 aromatic heterocycles. The number of carbonyl (C=O) groups is 1. The van der Waals surface area contributed by atoms with Gasteiger partial charge in [-0.1, -0.05) is 6.92 Å². The van der Waals surface area contributed by atoms with Crippen LogP contribution >= 0.6 is 0 Å². The van der Waals surface area contributed by atoms with E-state index in [0.29, 0.717) is 11.1 Å². The van der Waals surface area contributed by atoms with Gasteiger partial charge < -0.3 is 4.74 Å². The lowest BCUT2D eigenvalue weighted by molar-refractivity contribution is 0.0838. The van der Waals surface area contributed by atoms with Gasteiger partial charge in [-0.2, -0.15) is 0 Å². The summed E-state index contributed by atoms with van der Waals surface area (Å²) in [7, 11) is 1.42. The fraction of sp³-hybridized carbons (Fsp3) is 0.308. The molecule has 0 N–H and O–H groups in total. The van der Waals surface area contributed by atoms with Gasteiger partial charge in [-0.05, 0) is 23.8 Å². The number of benzene rings is 1. The first-order valence-electron chi connectivity index (χ1n) is 5.21. The average Bonchev–Trinajstić information content (AvgIpc) is 2.33. The second-order valence-electron chi connectivity index (χ2n) is 3.99. The summed E-state index contributed by atoms with van der Waals surface area (Å²) in [6, 6.07) is 3.88. The molecule has 0 amide bonds. The zero-order valence-electron chi connectivity index (χ0n) is 9.49. The number of methoxy groups -OCH3 is 1. The Hall–Kier alpha value is -1.77. The van der Waals surface area contributed by atoms with Crippen LogP contribution in [0.5, 0.6) is 0 Å². The number of rotatable bonds is 1. The van der Waals surface area contributed by atoms with Crippen molar-refractivity contribution in [3.8, 4) is 0 Å². The van der Waals surface area contributed by atoms with Crippen LogP contribution in [-0.2, 0) is 9.53 Å². The van der Waals surface area contributed by atoms with Crippen LogP contribution in [-0.4, -0.2) is 18.8 Å². The highest BCUT2D eigenvalue weighted by molar-refractivity contribution is 6.03. The first kappa shape index (κ1) is 11.7. The fourth-order valence-electron chi connectivity index (χ4n) is 2.14. The molecule has 17 heavy (non-hydrogen) atoms. The van der Waals surface area contributed by atoms with Crippen molar-refractivity contribution in [2.24, 2.45) is 5.92 Å². The molecule has 1 aromatic carbocycles. The molecule has 1 aliphatic carbocycles. The summed E-state index contributed by atoms with van der Waals surface area (Å²) in [6.45, 7) is 1.63. The minimum absolute atomic E-state index is 0.202. The highest BCUT2D eigenvalue weighted by atomic mass is 19.1. The third-order valence-electron chi connectivity index (χ3n) is 3.06. The van der Waals surface area contributed by atoms with Crippen molar-refractivity contribution in [3.63, 3.8) is 0 Å². The van der Waals surface area contributed by atoms with Crippen LogP contribution in [0.2, 0.25) is 0 Å². The molecule has 0 unspecified atom stereocenters. The summed E-state index contributed by atoms with van der Waals surface area (Å²) in [4.78, 5) is 22.9. The molecular weight excluding hydrogens is 223 g/mol. The molecule has 1 aliphatic rings. The maximum atomic E-state index is 13.2. The van der Waals surface area contributed by atoms with Crippen molar-refractivity contribution in [2.75, 3.05) is 7.11 Å². The largest absolute Gasteiger partial charge is 0.372 e. The van der Waals surface area contributed by atoms with Crippen molar-refractivity contribution >= 4 is 11.7 Å². The first-order chi connectivity index (χ1) is 8.10. The molecule has 4 heteroatoms. The van der Waals surface area contributed by atoms with Crippen LogP contribution in [0.15, 0.2) is 23.8 Å². The Kier molecular flexibility index (Phi) is 2.92. The monoisotopic (exact) mass is 234 g/mol. The lowest BCUT2D eigenvalue weighted by Crippen LogP contribution is -2.28. The smallest absolute Gasteiger partial charge is 0.170 e. The van der Waals surface area contributed by atoms with Gasteiger partial charge in [-0.3, -0.25) is 4.79 Å². The van der Waals surface area contributed by atoms with E-state index in [2.05, 4.69) is 0 Å². The molecule has 3 nitrogen and oxygen atoms in total. The molecule has 2 atom stereocenters. The number of ketones is 1. The first-order valence-corrected chi connectivity index (χ1v) is 5.21. The van der Waals surface area contributed by atoms with Gasteiger partial charge in [0.2, 0.25) is 0 Å². The summed E-state index contributed by atoms with van der Waals surface area (Å²) in [5.74, 6) is 0.508. The molecule has 0 fully saturated rings. The molecule has 2 rings (SSSR count). The third kappa shape index (κ3) is 1.71.